The van der Waals surface area contributed by atoms with Gasteiger partial charge < -0.3 is 14.8 Å². The molecule has 0 atom stereocenters. The molecule has 1 N–H and O–H groups in total. The second kappa shape index (κ2) is 9.90. The number of carbonyl (C=O) groups is 1. The molecule has 166 valence electrons. The molecule has 0 aliphatic heterocycles. The van der Waals surface area contributed by atoms with E-state index in [1.54, 1.807) is 14.2 Å². The van der Waals surface area contributed by atoms with Gasteiger partial charge in [0.2, 0.25) is 0 Å². The summed E-state index contributed by atoms with van der Waals surface area (Å²) in [6.07, 6.45) is 5.31. The first-order valence-electron chi connectivity index (χ1n) is 11.3. The van der Waals surface area contributed by atoms with Crippen molar-refractivity contribution in [3.8, 4) is 11.5 Å². The molecule has 0 aromatic heterocycles. The summed E-state index contributed by atoms with van der Waals surface area (Å²) < 4.78 is 10.9. The monoisotopic (exact) mass is 429 g/mol. The maximum absolute atomic E-state index is 12.9. The average molecular weight is 430 g/mol. The van der Waals surface area contributed by atoms with Crippen molar-refractivity contribution < 1.29 is 14.3 Å². The summed E-state index contributed by atoms with van der Waals surface area (Å²) in [6, 6.07) is 24.4. The minimum Gasteiger partial charge on any atom is -0.493 e. The molecular weight excluding hydrogens is 398 g/mol. The first-order chi connectivity index (χ1) is 15.6. The maximum atomic E-state index is 12.9. The number of ether oxygens (including phenoxy) is 2. The van der Waals surface area contributed by atoms with Gasteiger partial charge in [-0.2, -0.15) is 0 Å². The third-order valence-electron chi connectivity index (χ3n) is 6.61. The van der Waals surface area contributed by atoms with Crippen LogP contribution < -0.4 is 14.8 Å². The molecule has 0 radical (unpaired) electrons. The molecule has 1 aliphatic carbocycles. The Morgan fingerprint density at radius 2 is 1.50 bits per heavy atom. The van der Waals surface area contributed by atoms with E-state index in [9.17, 15) is 4.79 Å². The molecule has 0 saturated heterocycles. The van der Waals surface area contributed by atoms with Crippen LogP contribution in [0.1, 0.15) is 52.7 Å². The number of methoxy groups -OCH3 is 2. The normalized spacial score (nSPS) is 14.7. The van der Waals surface area contributed by atoms with Crippen LogP contribution in [-0.4, -0.2) is 26.7 Å². The number of carbonyl (C=O) groups excluding carboxylic acids is 1. The molecule has 32 heavy (non-hydrogen) atoms. The fourth-order valence-corrected chi connectivity index (χ4v) is 4.74. The van der Waals surface area contributed by atoms with Crippen molar-refractivity contribution in [1.82, 2.24) is 5.32 Å². The van der Waals surface area contributed by atoms with Gasteiger partial charge in [-0.1, -0.05) is 61.4 Å². The lowest BCUT2D eigenvalue weighted by molar-refractivity contribution is 0.0943. The highest BCUT2D eigenvalue weighted by Gasteiger charge is 2.36. The molecule has 0 bridgehead atoms. The Bertz CT molecular complexity index is 1040. The number of nitrogens with one attached hydrogen (secondary N) is 1. The predicted octanol–water partition coefficient (Wildman–Crippen LogP) is 5.54. The quantitative estimate of drug-likeness (QED) is 0.512. The molecule has 1 aliphatic rings. The largest absolute Gasteiger partial charge is 0.493 e. The van der Waals surface area contributed by atoms with Gasteiger partial charge in [0.25, 0.3) is 5.91 Å². The van der Waals surface area contributed by atoms with Gasteiger partial charge in [0, 0.05) is 17.5 Å². The van der Waals surface area contributed by atoms with Crippen molar-refractivity contribution in [2.45, 2.75) is 37.5 Å². The third kappa shape index (κ3) is 4.80. The van der Waals surface area contributed by atoms with Crippen molar-refractivity contribution in [2.75, 3.05) is 20.8 Å². The molecule has 4 nitrogen and oxygen atoms in total. The van der Waals surface area contributed by atoms with Gasteiger partial charge in [-0.3, -0.25) is 4.79 Å². The van der Waals surface area contributed by atoms with E-state index in [0.29, 0.717) is 12.1 Å². The Hall–Kier alpha value is -3.27. The molecule has 3 aromatic rings. The first-order valence-corrected chi connectivity index (χ1v) is 11.3. The van der Waals surface area contributed by atoms with Crippen molar-refractivity contribution in [3.63, 3.8) is 0 Å². The van der Waals surface area contributed by atoms with E-state index in [4.69, 9.17) is 9.47 Å². The molecule has 0 spiro atoms. The van der Waals surface area contributed by atoms with Gasteiger partial charge in [0.1, 0.15) is 0 Å². The van der Waals surface area contributed by atoms with E-state index < -0.39 is 0 Å². The molecule has 0 unspecified atom stereocenters. The Balaban J connectivity index is 1.44. The van der Waals surface area contributed by atoms with Crippen LogP contribution in [0.25, 0.3) is 0 Å². The fourth-order valence-electron chi connectivity index (χ4n) is 4.74. The van der Waals surface area contributed by atoms with Crippen LogP contribution in [0.4, 0.5) is 0 Å². The van der Waals surface area contributed by atoms with Crippen LogP contribution in [0.15, 0.2) is 72.8 Å². The van der Waals surface area contributed by atoms with E-state index in [-0.39, 0.29) is 11.3 Å². The van der Waals surface area contributed by atoms with Gasteiger partial charge >= 0.3 is 0 Å². The van der Waals surface area contributed by atoms with E-state index >= 15 is 0 Å². The highest BCUT2D eigenvalue weighted by atomic mass is 16.5. The number of hydrogen-bond donors (Lipinski definition) is 1. The summed E-state index contributed by atoms with van der Waals surface area (Å²) in [5, 5.41) is 3.20. The minimum absolute atomic E-state index is 0.0250. The fraction of sp³-hybridized carbons (Fsp3) is 0.321. The molecule has 4 heteroatoms. The first kappa shape index (κ1) is 21.9. The van der Waals surface area contributed by atoms with E-state index in [2.05, 4.69) is 41.7 Å². The smallest absolute Gasteiger partial charge is 0.251 e. The lowest BCUT2D eigenvalue weighted by Gasteiger charge is -2.30. The van der Waals surface area contributed by atoms with E-state index in [0.717, 1.165) is 30.8 Å². The lowest BCUT2D eigenvalue weighted by atomic mass is 9.78. The number of rotatable bonds is 8. The number of benzene rings is 3. The molecule has 4 rings (SSSR count). The second-order valence-corrected chi connectivity index (χ2v) is 8.60. The molecule has 0 heterocycles. The van der Waals surface area contributed by atoms with Crippen LogP contribution in [0, 0.1) is 0 Å². The predicted molar refractivity (Wildman–Crippen MR) is 128 cm³/mol. The second-order valence-electron chi connectivity index (χ2n) is 8.60. The zero-order valence-corrected chi connectivity index (χ0v) is 18.9. The van der Waals surface area contributed by atoms with Crippen molar-refractivity contribution in [3.05, 3.63) is 95.1 Å². The van der Waals surface area contributed by atoms with Crippen LogP contribution >= 0.6 is 0 Å². The number of hydrogen-bond acceptors (Lipinski definition) is 3. The standard InChI is InChI=1S/C28H31NO3/c1-31-25-15-14-24(19-26(25)32-2)28(16-6-7-17-28)20-29-27(30)23-12-10-22(11-13-23)18-21-8-4-3-5-9-21/h3-5,8-15,19H,6-7,16-18,20H2,1-2H3,(H,29,30). The zero-order chi connectivity index (χ0) is 22.4. The van der Waals surface area contributed by atoms with Crippen LogP contribution in [-0.2, 0) is 11.8 Å². The molecule has 1 fully saturated rings. The number of amides is 1. The van der Waals surface area contributed by atoms with Gasteiger partial charge in [-0.25, -0.2) is 0 Å². The Morgan fingerprint density at radius 3 is 2.16 bits per heavy atom. The third-order valence-corrected chi connectivity index (χ3v) is 6.61. The Morgan fingerprint density at radius 1 is 0.844 bits per heavy atom. The van der Waals surface area contributed by atoms with Gasteiger partial charge in [-0.05, 0) is 60.2 Å². The summed E-state index contributed by atoms with van der Waals surface area (Å²) >= 11 is 0. The van der Waals surface area contributed by atoms with Crippen molar-refractivity contribution in [2.24, 2.45) is 0 Å². The van der Waals surface area contributed by atoms with Crippen LogP contribution in [0.5, 0.6) is 11.5 Å². The Labute approximate surface area is 190 Å². The van der Waals surface area contributed by atoms with Gasteiger partial charge in [0.05, 0.1) is 14.2 Å². The summed E-state index contributed by atoms with van der Waals surface area (Å²) in [6.45, 7) is 0.618. The van der Waals surface area contributed by atoms with Crippen molar-refractivity contribution >= 4 is 5.91 Å². The molecular formula is C28H31NO3. The summed E-state index contributed by atoms with van der Waals surface area (Å²) in [4.78, 5) is 12.9. The average Bonchev–Trinajstić information content (AvgIpc) is 3.33. The summed E-state index contributed by atoms with van der Waals surface area (Å²) in [5.41, 5.74) is 4.30. The highest BCUT2D eigenvalue weighted by molar-refractivity contribution is 5.94. The van der Waals surface area contributed by atoms with E-state index in [1.165, 1.54) is 29.5 Å². The molecule has 1 amide bonds. The van der Waals surface area contributed by atoms with E-state index in [1.807, 2.05) is 36.4 Å². The molecule has 1 saturated carbocycles. The van der Waals surface area contributed by atoms with Crippen LogP contribution in [0.3, 0.4) is 0 Å². The van der Waals surface area contributed by atoms with Crippen LogP contribution in [0.2, 0.25) is 0 Å². The maximum Gasteiger partial charge on any atom is 0.251 e. The lowest BCUT2D eigenvalue weighted by Crippen LogP contribution is -2.39. The highest BCUT2D eigenvalue weighted by Crippen LogP contribution is 2.43. The summed E-state index contributed by atoms with van der Waals surface area (Å²) in [7, 11) is 3.31. The molecule has 3 aromatic carbocycles. The summed E-state index contributed by atoms with van der Waals surface area (Å²) in [5.74, 6) is 1.43. The van der Waals surface area contributed by atoms with Gasteiger partial charge in [0.15, 0.2) is 11.5 Å². The van der Waals surface area contributed by atoms with Crippen molar-refractivity contribution in [1.29, 1.82) is 0 Å². The zero-order valence-electron chi connectivity index (χ0n) is 18.9. The SMILES string of the molecule is COc1ccc(C2(CNC(=O)c3ccc(Cc4ccccc4)cc3)CCCC2)cc1OC. The Kier molecular flexibility index (Phi) is 6.79. The topological polar surface area (TPSA) is 47.6 Å². The van der Waals surface area contributed by atoms with Gasteiger partial charge in [-0.15, -0.1) is 0 Å². The minimum atomic E-state index is -0.0670.